The van der Waals surface area contributed by atoms with Gasteiger partial charge >= 0.3 is 0 Å². The normalized spacial score (nSPS) is 15.5. The number of nitrogens with zero attached hydrogens (tertiary/aromatic N) is 3. The van der Waals surface area contributed by atoms with Crippen LogP contribution in [0.4, 0.5) is 0 Å². The summed E-state index contributed by atoms with van der Waals surface area (Å²) in [5.41, 5.74) is 11.4. The molecule has 0 bridgehead atoms. The smallest absolute Gasteiger partial charge is 0.224 e. The number of hydrogen-bond donors (Lipinski definition) is 0. The molecule has 0 aromatic heterocycles. The number of Topliss-reactive ketones (excluding diaryl/α,β-unsaturated/α-hetero) is 2. The maximum atomic E-state index is 12.5. The molecule has 128 valence electrons. The van der Waals surface area contributed by atoms with Crippen molar-refractivity contribution < 1.29 is 14.3 Å². The van der Waals surface area contributed by atoms with Gasteiger partial charge in [0.1, 0.15) is 5.70 Å². The molecule has 6 nitrogen and oxygen atoms in total. The van der Waals surface area contributed by atoms with E-state index in [2.05, 4.69) is 29.9 Å². The van der Waals surface area contributed by atoms with Gasteiger partial charge < -0.3 is 4.74 Å². The lowest BCUT2D eigenvalue weighted by molar-refractivity contribution is -0.118. The van der Waals surface area contributed by atoms with Gasteiger partial charge in [0.2, 0.25) is 5.78 Å². The molecule has 0 heterocycles. The zero-order chi connectivity index (χ0) is 18.3. The van der Waals surface area contributed by atoms with E-state index >= 15 is 0 Å². The molecule has 0 fully saturated rings. The van der Waals surface area contributed by atoms with Crippen molar-refractivity contribution in [2.75, 3.05) is 7.11 Å². The molecule has 6 heteroatoms. The number of hydrogen-bond acceptors (Lipinski definition) is 4. The summed E-state index contributed by atoms with van der Waals surface area (Å²) in [6.45, 7) is 7.68. The number of carbonyl (C=O) groups is 2. The van der Waals surface area contributed by atoms with Crippen LogP contribution >= 0.6 is 0 Å². The zero-order valence-electron chi connectivity index (χ0n) is 14.8. The Morgan fingerprint density at radius 3 is 2.42 bits per heavy atom. The van der Waals surface area contributed by atoms with Crippen molar-refractivity contribution in [1.82, 2.24) is 0 Å². The monoisotopic (exact) mass is 329 g/mol. The third kappa shape index (κ3) is 4.70. The molecule has 0 saturated heterocycles. The molecule has 24 heavy (non-hydrogen) atoms. The molecule has 0 aromatic rings. The Hall–Kier alpha value is -2.59. The first-order chi connectivity index (χ1) is 11.3. The SMILES string of the molecule is COC1=C(N=[N+]=[N-])C(=O)C(C)=C(C/C=C(\C)CCC=C(C)C)C1=O. The average Bonchev–Trinajstić information content (AvgIpc) is 2.52. The van der Waals surface area contributed by atoms with E-state index in [1.165, 1.54) is 12.7 Å². The lowest BCUT2D eigenvalue weighted by atomic mass is 9.89. The summed E-state index contributed by atoms with van der Waals surface area (Å²) < 4.78 is 5.00. The van der Waals surface area contributed by atoms with Crippen LogP contribution in [0.1, 0.15) is 47.0 Å². The molecule has 0 spiro atoms. The average molecular weight is 329 g/mol. The van der Waals surface area contributed by atoms with Gasteiger partial charge in [0.05, 0.1) is 7.11 Å². The van der Waals surface area contributed by atoms with E-state index in [4.69, 9.17) is 10.3 Å². The van der Waals surface area contributed by atoms with Crippen LogP contribution in [0.25, 0.3) is 10.4 Å². The first-order valence-corrected chi connectivity index (χ1v) is 7.75. The van der Waals surface area contributed by atoms with Gasteiger partial charge in [-0.05, 0) is 52.5 Å². The van der Waals surface area contributed by atoms with Crippen molar-refractivity contribution in [2.24, 2.45) is 5.11 Å². The number of azide groups is 1. The second-order valence-corrected chi connectivity index (χ2v) is 5.91. The number of ether oxygens (including phenoxy) is 1. The van der Waals surface area contributed by atoms with Crippen molar-refractivity contribution in [3.05, 3.63) is 56.3 Å². The standard InChI is InChI=1S/C18H23N3O3/c1-11(2)7-6-8-12(3)9-10-14-13(4)16(22)15(20-21-19)18(24-5)17(14)23/h7,9H,6,8,10H2,1-5H3/b12-9+. The largest absolute Gasteiger partial charge is 0.492 e. The van der Waals surface area contributed by atoms with Gasteiger partial charge in [-0.2, -0.15) is 0 Å². The predicted octanol–water partition coefficient (Wildman–Crippen LogP) is 4.71. The quantitative estimate of drug-likeness (QED) is 0.223. The van der Waals surface area contributed by atoms with Crippen molar-refractivity contribution in [1.29, 1.82) is 0 Å². The lowest BCUT2D eigenvalue weighted by Crippen LogP contribution is -2.23. The molecule has 1 aliphatic rings. The van der Waals surface area contributed by atoms with E-state index in [0.717, 1.165) is 18.4 Å². The topological polar surface area (TPSA) is 92.1 Å². The number of carbonyl (C=O) groups excluding carboxylic acids is 2. The summed E-state index contributed by atoms with van der Waals surface area (Å²) in [6.07, 6.45) is 6.31. The number of rotatable bonds is 7. The highest BCUT2D eigenvalue weighted by Crippen LogP contribution is 2.28. The van der Waals surface area contributed by atoms with E-state index in [-0.39, 0.29) is 11.5 Å². The van der Waals surface area contributed by atoms with Crippen molar-refractivity contribution in [3.63, 3.8) is 0 Å². The molecule has 1 rings (SSSR count). The summed E-state index contributed by atoms with van der Waals surface area (Å²) in [7, 11) is 1.28. The Morgan fingerprint density at radius 1 is 1.21 bits per heavy atom. The molecule has 0 atom stereocenters. The van der Waals surface area contributed by atoms with Gasteiger partial charge in [-0.25, -0.2) is 0 Å². The minimum absolute atomic E-state index is 0.186. The van der Waals surface area contributed by atoms with E-state index in [0.29, 0.717) is 17.6 Å². The Morgan fingerprint density at radius 2 is 1.88 bits per heavy atom. The lowest BCUT2D eigenvalue weighted by Gasteiger charge is -2.18. The Labute approximate surface area is 142 Å². The van der Waals surface area contributed by atoms with Gasteiger partial charge in [-0.1, -0.05) is 28.4 Å². The third-order valence-electron chi connectivity index (χ3n) is 3.80. The minimum Gasteiger partial charge on any atom is -0.492 e. The summed E-state index contributed by atoms with van der Waals surface area (Å²) >= 11 is 0. The van der Waals surface area contributed by atoms with Crippen LogP contribution in [0.15, 0.2) is 51.0 Å². The predicted molar refractivity (Wildman–Crippen MR) is 92.9 cm³/mol. The molecule has 0 N–H and O–H groups in total. The summed E-state index contributed by atoms with van der Waals surface area (Å²) in [4.78, 5) is 27.4. The van der Waals surface area contributed by atoms with Crippen molar-refractivity contribution >= 4 is 11.6 Å². The molecular formula is C18H23N3O3. The molecule has 1 aliphatic carbocycles. The molecule has 0 unspecified atom stereocenters. The third-order valence-corrected chi connectivity index (χ3v) is 3.80. The van der Waals surface area contributed by atoms with Crippen LogP contribution in [-0.2, 0) is 14.3 Å². The van der Waals surface area contributed by atoms with Crippen LogP contribution in [0.3, 0.4) is 0 Å². The minimum atomic E-state index is -0.463. The molecule has 0 amide bonds. The Balaban J connectivity index is 3.00. The van der Waals surface area contributed by atoms with Crippen LogP contribution in [0.5, 0.6) is 0 Å². The van der Waals surface area contributed by atoms with E-state index in [1.807, 2.05) is 13.0 Å². The number of ketones is 2. The van der Waals surface area contributed by atoms with Crippen LogP contribution in [0, 0.1) is 0 Å². The first kappa shape index (κ1) is 19.5. The second kappa shape index (κ2) is 8.89. The number of methoxy groups -OCH3 is 1. The van der Waals surface area contributed by atoms with Gasteiger partial charge in [-0.15, -0.1) is 0 Å². The van der Waals surface area contributed by atoms with E-state index in [9.17, 15) is 9.59 Å². The fourth-order valence-corrected chi connectivity index (χ4v) is 2.37. The van der Waals surface area contributed by atoms with E-state index < -0.39 is 11.6 Å². The van der Waals surface area contributed by atoms with Crippen LogP contribution in [0.2, 0.25) is 0 Å². The van der Waals surface area contributed by atoms with E-state index in [1.54, 1.807) is 6.92 Å². The highest BCUT2D eigenvalue weighted by molar-refractivity contribution is 6.24. The molecule has 0 radical (unpaired) electrons. The van der Waals surface area contributed by atoms with Crippen molar-refractivity contribution in [3.8, 4) is 0 Å². The fourth-order valence-electron chi connectivity index (χ4n) is 2.37. The highest BCUT2D eigenvalue weighted by Gasteiger charge is 2.32. The molecule has 0 aromatic carbocycles. The summed E-state index contributed by atoms with van der Waals surface area (Å²) in [6, 6.07) is 0. The van der Waals surface area contributed by atoms with Crippen molar-refractivity contribution in [2.45, 2.75) is 47.0 Å². The Kier molecular flexibility index (Phi) is 7.21. The van der Waals surface area contributed by atoms with Gasteiger partial charge in [-0.3, -0.25) is 9.59 Å². The number of allylic oxidation sites excluding steroid dienone is 6. The second-order valence-electron chi connectivity index (χ2n) is 5.91. The highest BCUT2D eigenvalue weighted by atomic mass is 16.5. The van der Waals surface area contributed by atoms with Gasteiger partial charge in [0.25, 0.3) is 0 Å². The van der Waals surface area contributed by atoms with Gasteiger partial charge in [0.15, 0.2) is 11.5 Å². The maximum absolute atomic E-state index is 12.5. The molecule has 0 aliphatic heterocycles. The zero-order valence-corrected chi connectivity index (χ0v) is 14.8. The molecular weight excluding hydrogens is 306 g/mol. The fraction of sp³-hybridized carbons (Fsp3) is 0.444. The first-order valence-electron chi connectivity index (χ1n) is 7.75. The summed E-state index contributed by atoms with van der Waals surface area (Å²) in [5, 5.41) is 3.31. The van der Waals surface area contributed by atoms with Crippen LogP contribution < -0.4 is 0 Å². The molecule has 0 saturated carbocycles. The maximum Gasteiger partial charge on any atom is 0.224 e. The Bertz CT molecular complexity index is 714. The van der Waals surface area contributed by atoms with Crippen LogP contribution in [-0.4, -0.2) is 18.7 Å². The van der Waals surface area contributed by atoms with Gasteiger partial charge in [0, 0.05) is 16.1 Å². The summed E-state index contributed by atoms with van der Waals surface area (Å²) in [5.74, 6) is -1.05.